The zero-order chi connectivity index (χ0) is 19.4. The minimum absolute atomic E-state index is 0.237. The van der Waals surface area contributed by atoms with Crippen molar-refractivity contribution in [2.75, 3.05) is 20.1 Å². The lowest BCUT2D eigenvalue weighted by atomic mass is 9.93. The van der Waals surface area contributed by atoms with Crippen molar-refractivity contribution < 1.29 is 8.78 Å². The second kappa shape index (κ2) is 8.24. The highest BCUT2D eigenvalue weighted by Crippen LogP contribution is 2.25. The van der Waals surface area contributed by atoms with Crippen LogP contribution in [0.2, 0.25) is 0 Å². The molecule has 3 heterocycles. The summed E-state index contributed by atoms with van der Waals surface area (Å²) >= 11 is 0. The van der Waals surface area contributed by atoms with E-state index in [-0.39, 0.29) is 11.7 Å². The molecule has 0 aromatic carbocycles. The number of hydrogen-bond donors (Lipinski definition) is 1. The molecule has 0 spiro atoms. The first-order valence-corrected chi connectivity index (χ1v) is 8.90. The molecule has 1 fully saturated rings. The number of nitrogens with one attached hydrogen (secondary N) is 1. The number of likely N-dealkylation sites (tertiary alicyclic amines) is 1. The van der Waals surface area contributed by atoms with Crippen LogP contribution in [0, 0.1) is 17.7 Å². The molecule has 142 valence electrons. The maximum atomic E-state index is 13.3. The van der Waals surface area contributed by atoms with E-state index in [1.54, 1.807) is 13.1 Å². The van der Waals surface area contributed by atoms with Gasteiger partial charge < -0.3 is 9.88 Å². The summed E-state index contributed by atoms with van der Waals surface area (Å²) in [6.45, 7) is 7.78. The summed E-state index contributed by atoms with van der Waals surface area (Å²) < 4.78 is 26.3. The molecule has 1 atom stereocenters. The Labute approximate surface area is 157 Å². The third-order valence-corrected chi connectivity index (χ3v) is 4.84. The standard InChI is InChI=1S/C20H23F2N5/c1-13(26-20(23-3)18-9-17(21)11-24-18)16-5-4-8-27(12-16)14(2)15-6-7-19(22)25-10-15/h6-7,9-11,16,24H,2,4-5,8,12H2,1,3H3/b23-20-,26-13+/t16-/m0/s1. The van der Waals surface area contributed by atoms with Crippen molar-refractivity contribution >= 4 is 17.2 Å². The number of hydrogen-bond acceptors (Lipinski definition) is 3. The number of H-pyrrole nitrogens is 1. The molecule has 1 saturated heterocycles. The fourth-order valence-electron chi connectivity index (χ4n) is 3.28. The van der Waals surface area contributed by atoms with Gasteiger partial charge in [-0.2, -0.15) is 4.39 Å². The Hall–Kier alpha value is -2.83. The highest BCUT2D eigenvalue weighted by molar-refractivity contribution is 6.06. The topological polar surface area (TPSA) is 56.6 Å². The van der Waals surface area contributed by atoms with E-state index in [9.17, 15) is 8.78 Å². The lowest BCUT2D eigenvalue weighted by Gasteiger charge is -2.35. The van der Waals surface area contributed by atoms with Crippen molar-refractivity contribution in [2.24, 2.45) is 15.9 Å². The van der Waals surface area contributed by atoms with E-state index >= 15 is 0 Å². The zero-order valence-electron chi connectivity index (χ0n) is 15.5. The van der Waals surface area contributed by atoms with Crippen molar-refractivity contribution in [2.45, 2.75) is 19.8 Å². The first-order valence-electron chi connectivity index (χ1n) is 8.90. The number of amidine groups is 1. The maximum Gasteiger partial charge on any atom is 0.212 e. The van der Waals surface area contributed by atoms with Crippen LogP contribution in [0.3, 0.4) is 0 Å². The largest absolute Gasteiger partial charge is 0.371 e. The van der Waals surface area contributed by atoms with Gasteiger partial charge in [0.05, 0.1) is 5.69 Å². The maximum absolute atomic E-state index is 13.3. The van der Waals surface area contributed by atoms with Gasteiger partial charge in [-0.15, -0.1) is 0 Å². The van der Waals surface area contributed by atoms with Gasteiger partial charge in [0.2, 0.25) is 5.95 Å². The molecule has 5 nitrogen and oxygen atoms in total. The molecule has 2 aromatic rings. The normalized spacial score (nSPS) is 18.7. The van der Waals surface area contributed by atoms with Gasteiger partial charge in [0.1, 0.15) is 5.82 Å². The van der Waals surface area contributed by atoms with E-state index in [1.807, 2.05) is 6.92 Å². The van der Waals surface area contributed by atoms with Crippen LogP contribution < -0.4 is 0 Å². The lowest BCUT2D eigenvalue weighted by Crippen LogP contribution is -2.37. The summed E-state index contributed by atoms with van der Waals surface area (Å²) in [7, 11) is 1.64. The molecule has 0 unspecified atom stereocenters. The van der Waals surface area contributed by atoms with Crippen molar-refractivity contribution in [3.63, 3.8) is 0 Å². The Bertz CT molecular complexity index is 867. The van der Waals surface area contributed by atoms with E-state index in [0.717, 1.165) is 42.9 Å². The van der Waals surface area contributed by atoms with E-state index in [1.165, 1.54) is 24.5 Å². The number of aromatic amines is 1. The fourth-order valence-corrected chi connectivity index (χ4v) is 3.28. The van der Waals surface area contributed by atoms with Crippen LogP contribution in [0.25, 0.3) is 5.70 Å². The predicted octanol–water partition coefficient (Wildman–Crippen LogP) is 3.91. The molecule has 0 aliphatic carbocycles. The number of aliphatic imine (C=N–C) groups is 2. The van der Waals surface area contributed by atoms with Crippen LogP contribution in [0.15, 0.2) is 47.2 Å². The van der Waals surface area contributed by atoms with E-state index in [0.29, 0.717) is 11.5 Å². The molecule has 7 heteroatoms. The Morgan fingerprint density at radius 3 is 2.81 bits per heavy atom. The first kappa shape index (κ1) is 18.9. The molecule has 1 aliphatic rings. The average molecular weight is 371 g/mol. The van der Waals surface area contributed by atoms with Crippen molar-refractivity contribution in [3.05, 3.63) is 60.2 Å². The highest BCUT2D eigenvalue weighted by atomic mass is 19.1. The molecule has 0 saturated carbocycles. The molecule has 27 heavy (non-hydrogen) atoms. The molecular formula is C20H23F2N5. The Balaban J connectivity index is 1.73. The Morgan fingerprint density at radius 2 is 2.19 bits per heavy atom. The number of rotatable bonds is 4. The van der Waals surface area contributed by atoms with Gasteiger partial charge in [0.15, 0.2) is 5.84 Å². The number of piperidine rings is 1. The molecule has 3 rings (SSSR count). The molecular weight excluding hydrogens is 348 g/mol. The molecule has 0 amide bonds. The predicted molar refractivity (Wildman–Crippen MR) is 104 cm³/mol. The van der Waals surface area contributed by atoms with Crippen molar-refractivity contribution in [1.82, 2.24) is 14.9 Å². The van der Waals surface area contributed by atoms with Gasteiger partial charge in [0.25, 0.3) is 0 Å². The lowest BCUT2D eigenvalue weighted by molar-refractivity contribution is 0.290. The number of nitrogens with zero attached hydrogens (tertiary/aromatic N) is 4. The van der Waals surface area contributed by atoms with Crippen LogP contribution in [0.5, 0.6) is 0 Å². The van der Waals surface area contributed by atoms with Crippen LogP contribution in [-0.4, -0.2) is 46.6 Å². The van der Waals surface area contributed by atoms with Gasteiger partial charge in [-0.1, -0.05) is 6.58 Å². The summed E-state index contributed by atoms with van der Waals surface area (Å²) in [6, 6.07) is 4.42. The minimum atomic E-state index is -0.502. The smallest absolute Gasteiger partial charge is 0.212 e. The molecule has 1 aliphatic heterocycles. The molecule has 2 aromatic heterocycles. The SMILES string of the molecule is C=C(c1ccc(F)nc1)N1CCC[C@H](/C(C)=N/C(=N\C)c2cc(F)c[nH]2)C1. The molecule has 0 radical (unpaired) electrons. The van der Waals surface area contributed by atoms with Crippen LogP contribution in [0.1, 0.15) is 31.0 Å². The highest BCUT2D eigenvalue weighted by Gasteiger charge is 2.24. The van der Waals surface area contributed by atoms with Crippen LogP contribution in [-0.2, 0) is 0 Å². The van der Waals surface area contributed by atoms with E-state index < -0.39 is 5.95 Å². The number of pyridine rings is 1. The molecule has 0 bridgehead atoms. The van der Waals surface area contributed by atoms with Crippen molar-refractivity contribution in [3.8, 4) is 0 Å². The van der Waals surface area contributed by atoms with Crippen LogP contribution in [0.4, 0.5) is 8.78 Å². The van der Waals surface area contributed by atoms with Gasteiger partial charge in [-0.05, 0) is 31.9 Å². The third kappa shape index (κ3) is 4.48. The summed E-state index contributed by atoms with van der Waals surface area (Å²) in [5.74, 6) is -0.124. The molecule has 1 N–H and O–H groups in total. The third-order valence-electron chi connectivity index (χ3n) is 4.84. The van der Waals surface area contributed by atoms with Gasteiger partial charge in [-0.3, -0.25) is 4.99 Å². The summed E-state index contributed by atoms with van der Waals surface area (Å²) in [4.78, 5) is 17.5. The monoisotopic (exact) mass is 371 g/mol. The average Bonchev–Trinajstić information content (AvgIpc) is 3.12. The number of halogens is 2. The van der Waals surface area contributed by atoms with Gasteiger partial charge in [-0.25, -0.2) is 14.4 Å². The second-order valence-electron chi connectivity index (χ2n) is 6.63. The van der Waals surface area contributed by atoms with Crippen LogP contribution >= 0.6 is 0 Å². The Morgan fingerprint density at radius 1 is 1.37 bits per heavy atom. The summed E-state index contributed by atoms with van der Waals surface area (Å²) in [6.07, 6.45) is 4.80. The minimum Gasteiger partial charge on any atom is -0.371 e. The Kier molecular flexibility index (Phi) is 5.78. The van der Waals surface area contributed by atoms with Gasteiger partial charge in [0, 0.05) is 61.5 Å². The van der Waals surface area contributed by atoms with Gasteiger partial charge >= 0.3 is 0 Å². The first-order chi connectivity index (χ1) is 13.0. The van der Waals surface area contributed by atoms with E-state index in [2.05, 4.69) is 31.4 Å². The zero-order valence-corrected chi connectivity index (χ0v) is 15.5. The van der Waals surface area contributed by atoms with Crippen molar-refractivity contribution in [1.29, 1.82) is 0 Å². The second-order valence-corrected chi connectivity index (χ2v) is 6.63. The number of aromatic nitrogens is 2. The fraction of sp³-hybridized carbons (Fsp3) is 0.350. The summed E-state index contributed by atoms with van der Waals surface area (Å²) in [5.41, 5.74) is 3.14. The summed E-state index contributed by atoms with van der Waals surface area (Å²) in [5, 5.41) is 0. The quantitative estimate of drug-likeness (QED) is 0.503. The van der Waals surface area contributed by atoms with E-state index in [4.69, 9.17) is 0 Å².